The molecule has 1 atom stereocenters. The van der Waals surface area contributed by atoms with Gasteiger partial charge in [-0.05, 0) is 68.1 Å². The van der Waals surface area contributed by atoms with E-state index in [1.54, 1.807) is 31.4 Å². The molecule has 2 heterocycles. The zero-order valence-electron chi connectivity index (χ0n) is 18.3. The third-order valence-electron chi connectivity index (χ3n) is 6.04. The lowest BCUT2D eigenvalue weighted by molar-refractivity contribution is -0.119. The summed E-state index contributed by atoms with van der Waals surface area (Å²) in [6.45, 7) is 1.32. The Morgan fingerprint density at radius 3 is 2.39 bits per heavy atom. The Labute approximate surface area is 198 Å². The van der Waals surface area contributed by atoms with Crippen molar-refractivity contribution < 1.29 is 22.7 Å². The monoisotopic (exact) mass is 491 g/mol. The molecule has 2 aliphatic rings. The van der Waals surface area contributed by atoms with Crippen molar-refractivity contribution in [3.05, 3.63) is 53.1 Å². The quantitative estimate of drug-likeness (QED) is 0.668. The van der Waals surface area contributed by atoms with Crippen LogP contribution in [0.3, 0.4) is 0 Å². The average Bonchev–Trinajstić information content (AvgIpc) is 3.52. The molecule has 0 spiro atoms. The van der Waals surface area contributed by atoms with E-state index < -0.39 is 22.0 Å². The summed E-state index contributed by atoms with van der Waals surface area (Å²) in [6.07, 6.45) is 2.81. The Balaban J connectivity index is 1.54. The van der Waals surface area contributed by atoms with Crippen LogP contribution in [0.15, 0.2) is 47.4 Å². The fourth-order valence-electron chi connectivity index (χ4n) is 4.24. The van der Waals surface area contributed by atoms with Crippen LogP contribution < -0.4 is 10.1 Å². The van der Waals surface area contributed by atoms with Gasteiger partial charge in [0.2, 0.25) is 15.9 Å². The van der Waals surface area contributed by atoms with Crippen LogP contribution in [-0.2, 0) is 14.8 Å². The van der Waals surface area contributed by atoms with Gasteiger partial charge in [0.1, 0.15) is 11.8 Å². The molecule has 0 radical (unpaired) electrons. The summed E-state index contributed by atoms with van der Waals surface area (Å²) in [5, 5.41) is 2.99. The second-order valence-electron chi connectivity index (χ2n) is 8.13. The molecule has 2 aromatic rings. The second kappa shape index (κ2) is 9.70. The first-order valence-electron chi connectivity index (χ1n) is 10.9. The van der Waals surface area contributed by atoms with Crippen LogP contribution in [0.5, 0.6) is 5.75 Å². The third-order valence-corrected chi connectivity index (χ3v) is 8.27. The Kier molecular flexibility index (Phi) is 6.92. The molecule has 0 bridgehead atoms. The predicted octanol–water partition coefficient (Wildman–Crippen LogP) is 3.38. The van der Waals surface area contributed by atoms with Gasteiger partial charge in [-0.15, -0.1) is 0 Å². The summed E-state index contributed by atoms with van der Waals surface area (Å²) in [7, 11) is -2.14. The van der Waals surface area contributed by atoms with Gasteiger partial charge in [-0.25, -0.2) is 8.42 Å². The van der Waals surface area contributed by atoms with Crippen molar-refractivity contribution in [3.8, 4) is 5.75 Å². The second-order valence-corrected chi connectivity index (χ2v) is 10.5. The highest BCUT2D eigenvalue weighted by atomic mass is 35.5. The minimum atomic E-state index is -3.70. The fourth-order valence-corrected chi connectivity index (χ4v) is 5.99. The number of benzene rings is 2. The van der Waals surface area contributed by atoms with Crippen LogP contribution in [0.25, 0.3) is 0 Å². The highest BCUT2D eigenvalue weighted by molar-refractivity contribution is 7.89. The van der Waals surface area contributed by atoms with Crippen LogP contribution in [0, 0.1) is 0 Å². The molecule has 2 saturated heterocycles. The van der Waals surface area contributed by atoms with Gasteiger partial charge in [0.05, 0.1) is 22.6 Å². The fraction of sp³-hybridized carbons (Fsp3) is 0.391. The normalized spacial score (nSPS) is 19.0. The van der Waals surface area contributed by atoms with Gasteiger partial charge >= 0.3 is 0 Å². The number of ether oxygens (including phenoxy) is 1. The summed E-state index contributed by atoms with van der Waals surface area (Å²) in [4.78, 5) is 27.8. The van der Waals surface area contributed by atoms with Gasteiger partial charge in [-0.2, -0.15) is 4.31 Å². The Bertz CT molecular complexity index is 1150. The lowest BCUT2D eigenvalue weighted by atomic mass is 10.1. The van der Waals surface area contributed by atoms with Crippen LogP contribution in [0.1, 0.15) is 36.0 Å². The van der Waals surface area contributed by atoms with Gasteiger partial charge in [0, 0.05) is 25.3 Å². The molecule has 4 rings (SSSR count). The van der Waals surface area contributed by atoms with E-state index in [1.165, 1.54) is 27.4 Å². The number of hydrogen-bond donors (Lipinski definition) is 1. The summed E-state index contributed by atoms with van der Waals surface area (Å²) >= 11 is 6.30. The molecular formula is C23H26ClN3O5S. The van der Waals surface area contributed by atoms with Crippen LogP contribution in [0.4, 0.5) is 5.69 Å². The van der Waals surface area contributed by atoms with E-state index in [2.05, 4.69) is 5.32 Å². The largest absolute Gasteiger partial charge is 0.497 e. The zero-order valence-corrected chi connectivity index (χ0v) is 19.9. The minimum Gasteiger partial charge on any atom is -0.497 e. The van der Waals surface area contributed by atoms with Crippen molar-refractivity contribution >= 4 is 39.1 Å². The number of carbonyl (C=O) groups is 2. The maximum atomic E-state index is 13.4. The maximum Gasteiger partial charge on any atom is 0.256 e. The number of carbonyl (C=O) groups excluding carboxylic acids is 2. The molecular weight excluding hydrogens is 466 g/mol. The topological polar surface area (TPSA) is 96.0 Å². The van der Waals surface area contributed by atoms with Gasteiger partial charge in [0.25, 0.3) is 5.91 Å². The molecule has 2 aliphatic heterocycles. The van der Waals surface area contributed by atoms with Crippen LogP contribution >= 0.6 is 11.6 Å². The predicted molar refractivity (Wildman–Crippen MR) is 125 cm³/mol. The summed E-state index contributed by atoms with van der Waals surface area (Å²) in [6, 6.07) is 10.4. The van der Waals surface area contributed by atoms with Crippen molar-refractivity contribution in [3.63, 3.8) is 0 Å². The number of likely N-dealkylation sites (tertiary alicyclic amines) is 1. The molecule has 0 aliphatic carbocycles. The van der Waals surface area contributed by atoms with Crippen molar-refractivity contribution in [1.82, 2.24) is 9.21 Å². The SMILES string of the molecule is COc1ccc(NC(=O)C2CCCN2C(=O)c2cc(S(=O)(=O)N3CCCC3)ccc2Cl)cc1. The molecule has 0 saturated carbocycles. The van der Waals surface area contributed by atoms with E-state index in [9.17, 15) is 18.0 Å². The van der Waals surface area contributed by atoms with Crippen molar-refractivity contribution in [2.75, 3.05) is 32.1 Å². The Morgan fingerprint density at radius 1 is 1.03 bits per heavy atom. The number of rotatable bonds is 6. The molecule has 1 unspecified atom stereocenters. The summed E-state index contributed by atoms with van der Waals surface area (Å²) in [5.74, 6) is -0.0853. The first kappa shape index (κ1) is 23.5. The van der Waals surface area contributed by atoms with E-state index in [-0.39, 0.29) is 21.4 Å². The van der Waals surface area contributed by atoms with Crippen molar-refractivity contribution in [2.45, 2.75) is 36.6 Å². The van der Waals surface area contributed by atoms with Gasteiger partial charge in [-0.1, -0.05) is 11.6 Å². The smallest absolute Gasteiger partial charge is 0.256 e. The van der Waals surface area contributed by atoms with Crippen molar-refractivity contribution in [1.29, 1.82) is 0 Å². The number of sulfonamides is 1. The first-order chi connectivity index (χ1) is 15.8. The molecule has 176 valence electrons. The molecule has 8 nitrogen and oxygen atoms in total. The molecule has 2 aromatic carbocycles. The Morgan fingerprint density at radius 2 is 1.73 bits per heavy atom. The summed E-state index contributed by atoms with van der Waals surface area (Å²) < 4.78 is 32.4. The number of nitrogens with zero attached hydrogens (tertiary/aromatic N) is 2. The number of anilines is 1. The maximum absolute atomic E-state index is 13.4. The lowest BCUT2D eigenvalue weighted by Crippen LogP contribution is -2.43. The third kappa shape index (κ3) is 4.85. The highest BCUT2D eigenvalue weighted by Crippen LogP contribution is 2.29. The summed E-state index contributed by atoms with van der Waals surface area (Å²) in [5.41, 5.74) is 0.679. The average molecular weight is 492 g/mol. The number of hydrogen-bond acceptors (Lipinski definition) is 5. The molecule has 1 N–H and O–H groups in total. The van der Waals surface area contributed by atoms with Gasteiger partial charge in [-0.3, -0.25) is 9.59 Å². The first-order valence-corrected chi connectivity index (χ1v) is 12.7. The lowest BCUT2D eigenvalue weighted by Gasteiger charge is -2.25. The number of methoxy groups -OCH3 is 1. The number of nitrogens with one attached hydrogen (secondary N) is 1. The highest BCUT2D eigenvalue weighted by Gasteiger charge is 2.36. The zero-order chi connectivity index (χ0) is 23.6. The molecule has 2 fully saturated rings. The molecule has 10 heteroatoms. The number of halogens is 1. The van der Waals surface area contributed by atoms with E-state index in [4.69, 9.17) is 16.3 Å². The van der Waals surface area contributed by atoms with E-state index >= 15 is 0 Å². The van der Waals surface area contributed by atoms with Gasteiger partial charge < -0.3 is 15.0 Å². The minimum absolute atomic E-state index is 0.0376. The number of amides is 2. The standard InChI is InChI=1S/C23H26ClN3O5S/c1-32-17-8-6-16(7-9-17)25-22(28)21-5-4-14-27(21)23(29)19-15-18(10-11-20(19)24)33(30,31)26-12-2-3-13-26/h6-11,15,21H,2-5,12-14H2,1H3,(H,25,28). The molecule has 33 heavy (non-hydrogen) atoms. The van der Waals surface area contributed by atoms with E-state index in [1.807, 2.05) is 0 Å². The molecule has 0 aromatic heterocycles. The molecule has 2 amide bonds. The van der Waals surface area contributed by atoms with E-state index in [0.717, 1.165) is 12.8 Å². The van der Waals surface area contributed by atoms with E-state index in [0.29, 0.717) is 43.9 Å². The van der Waals surface area contributed by atoms with Crippen LogP contribution in [-0.4, -0.2) is 62.2 Å². The van der Waals surface area contributed by atoms with Crippen LogP contribution in [0.2, 0.25) is 5.02 Å². The van der Waals surface area contributed by atoms with Gasteiger partial charge in [0.15, 0.2) is 0 Å². The van der Waals surface area contributed by atoms with Crippen molar-refractivity contribution in [2.24, 2.45) is 0 Å². The Hall–Kier alpha value is -2.62.